The van der Waals surface area contributed by atoms with Crippen molar-refractivity contribution in [1.82, 2.24) is 4.90 Å². The van der Waals surface area contributed by atoms with Gasteiger partial charge >= 0.3 is 0 Å². The fraction of sp³-hybridized carbons (Fsp3) is 0.333. The van der Waals surface area contributed by atoms with Crippen molar-refractivity contribution < 1.29 is 0 Å². The molecule has 0 atom stereocenters. The molecule has 0 heterocycles. The number of fused-ring (bicyclic) bond motifs is 1. The second kappa shape index (κ2) is 9.39. The van der Waals surface area contributed by atoms with Crippen molar-refractivity contribution in [1.29, 1.82) is 0 Å². The third-order valence-electron chi connectivity index (χ3n) is 4.87. The molecule has 2 aromatic rings. The zero-order chi connectivity index (χ0) is 17.3. The summed E-state index contributed by atoms with van der Waals surface area (Å²) in [6.07, 6.45) is 15.2. The summed E-state index contributed by atoms with van der Waals surface area (Å²) in [6.45, 7) is 1.98. The zero-order valence-corrected chi connectivity index (χ0v) is 15.3. The van der Waals surface area contributed by atoms with Crippen LogP contribution in [-0.4, -0.2) is 18.5 Å². The Kier molecular flexibility index (Phi) is 6.64. The topological polar surface area (TPSA) is 3.24 Å². The SMILES string of the molecule is CN(C/C=C/C=C/c1ccccc1)Cc1ccc2c(c1)CCCCC2. The van der Waals surface area contributed by atoms with Crippen molar-refractivity contribution in [2.45, 2.75) is 38.6 Å². The van der Waals surface area contributed by atoms with Crippen molar-refractivity contribution >= 4 is 6.08 Å². The quantitative estimate of drug-likeness (QED) is 0.488. The molecule has 25 heavy (non-hydrogen) atoms. The maximum atomic E-state index is 2.44. The van der Waals surface area contributed by atoms with Gasteiger partial charge in [0.25, 0.3) is 0 Å². The van der Waals surface area contributed by atoms with Crippen LogP contribution in [0.5, 0.6) is 0 Å². The molecular weight excluding hydrogens is 302 g/mol. The van der Waals surface area contributed by atoms with E-state index in [1.54, 1.807) is 11.1 Å². The van der Waals surface area contributed by atoms with Gasteiger partial charge < -0.3 is 0 Å². The van der Waals surface area contributed by atoms with Crippen molar-refractivity contribution in [2.24, 2.45) is 0 Å². The largest absolute Gasteiger partial charge is 0.298 e. The lowest BCUT2D eigenvalue weighted by Crippen LogP contribution is -2.17. The molecule has 2 aromatic carbocycles. The molecule has 0 bridgehead atoms. The zero-order valence-electron chi connectivity index (χ0n) is 15.3. The van der Waals surface area contributed by atoms with Gasteiger partial charge in [-0.25, -0.2) is 0 Å². The Labute approximate surface area is 152 Å². The lowest BCUT2D eigenvalue weighted by atomic mass is 10.00. The van der Waals surface area contributed by atoms with Gasteiger partial charge in [-0.15, -0.1) is 0 Å². The van der Waals surface area contributed by atoms with E-state index in [4.69, 9.17) is 0 Å². The van der Waals surface area contributed by atoms with Crippen molar-refractivity contribution in [3.8, 4) is 0 Å². The van der Waals surface area contributed by atoms with Crippen LogP contribution in [0.4, 0.5) is 0 Å². The van der Waals surface area contributed by atoms with Gasteiger partial charge in [0.05, 0.1) is 0 Å². The highest BCUT2D eigenvalue weighted by molar-refractivity contribution is 5.50. The third kappa shape index (κ3) is 5.72. The Balaban J connectivity index is 1.49. The lowest BCUT2D eigenvalue weighted by molar-refractivity contribution is 0.363. The minimum atomic E-state index is 0.968. The first-order valence-electron chi connectivity index (χ1n) is 9.49. The highest BCUT2D eigenvalue weighted by Crippen LogP contribution is 2.22. The number of hydrogen-bond acceptors (Lipinski definition) is 1. The van der Waals surface area contributed by atoms with Gasteiger partial charge in [-0.1, -0.05) is 79.3 Å². The molecule has 0 amide bonds. The number of benzene rings is 2. The molecule has 1 nitrogen and oxygen atoms in total. The van der Waals surface area contributed by atoms with E-state index >= 15 is 0 Å². The fourth-order valence-corrected chi connectivity index (χ4v) is 3.49. The Morgan fingerprint density at radius 1 is 0.880 bits per heavy atom. The molecule has 1 heteroatoms. The van der Waals surface area contributed by atoms with E-state index in [1.807, 2.05) is 6.07 Å². The molecule has 3 rings (SSSR count). The molecule has 0 saturated carbocycles. The summed E-state index contributed by atoms with van der Waals surface area (Å²) < 4.78 is 0. The van der Waals surface area contributed by atoms with Crippen LogP contribution in [0.15, 0.2) is 66.8 Å². The highest BCUT2D eigenvalue weighted by Gasteiger charge is 2.09. The lowest BCUT2D eigenvalue weighted by Gasteiger charge is -2.16. The van der Waals surface area contributed by atoms with Crippen LogP contribution in [-0.2, 0) is 19.4 Å². The Bertz CT molecular complexity index is 712. The standard InChI is InChI=1S/C24H29N/c1-25(18-10-4-7-13-21-11-5-2-6-12-21)20-22-16-17-23-14-8-3-9-15-24(23)19-22/h2,4-7,10-13,16-17,19H,3,8-9,14-15,18,20H2,1H3/b10-4+,13-7+. The van der Waals surface area contributed by atoms with Gasteiger partial charge in [0, 0.05) is 13.1 Å². The predicted molar refractivity (Wildman–Crippen MR) is 109 cm³/mol. The highest BCUT2D eigenvalue weighted by atomic mass is 15.1. The van der Waals surface area contributed by atoms with E-state index in [0.717, 1.165) is 13.1 Å². The van der Waals surface area contributed by atoms with Crippen molar-refractivity contribution in [3.05, 3.63) is 89.0 Å². The average molecular weight is 332 g/mol. The van der Waals surface area contributed by atoms with Gasteiger partial charge in [0.2, 0.25) is 0 Å². The Hall–Kier alpha value is -2.12. The van der Waals surface area contributed by atoms with E-state index in [2.05, 4.69) is 78.7 Å². The predicted octanol–water partition coefficient (Wildman–Crippen LogP) is 5.66. The van der Waals surface area contributed by atoms with E-state index in [0.29, 0.717) is 0 Å². The van der Waals surface area contributed by atoms with Crippen LogP contribution in [0.1, 0.15) is 41.5 Å². The summed E-state index contributed by atoms with van der Waals surface area (Å²) >= 11 is 0. The summed E-state index contributed by atoms with van der Waals surface area (Å²) in [7, 11) is 2.19. The van der Waals surface area contributed by atoms with E-state index in [-0.39, 0.29) is 0 Å². The molecule has 0 fully saturated rings. The average Bonchev–Trinajstić information content (AvgIpc) is 2.87. The fourth-order valence-electron chi connectivity index (χ4n) is 3.49. The normalized spacial score (nSPS) is 15.0. The van der Waals surface area contributed by atoms with E-state index in [1.165, 1.54) is 43.2 Å². The van der Waals surface area contributed by atoms with Gasteiger partial charge in [0.15, 0.2) is 0 Å². The smallest absolute Gasteiger partial charge is 0.0234 e. The number of allylic oxidation sites excluding steroid dienone is 2. The molecule has 0 unspecified atom stereocenters. The van der Waals surface area contributed by atoms with E-state index in [9.17, 15) is 0 Å². The monoisotopic (exact) mass is 331 g/mol. The van der Waals surface area contributed by atoms with Crippen LogP contribution in [0.2, 0.25) is 0 Å². The van der Waals surface area contributed by atoms with Crippen LogP contribution >= 0.6 is 0 Å². The first-order valence-corrected chi connectivity index (χ1v) is 9.49. The third-order valence-corrected chi connectivity index (χ3v) is 4.87. The summed E-state index contributed by atoms with van der Waals surface area (Å²) in [4.78, 5) is 2.37. The second-order valence-corrected chi connectivity index (χ2v) is 7.06. The van der Waals surface area contributed by atoms with E-state index < -0.39 is 0 Å². The van der Waals surface area contributed by atoms with Gasteiger partial charge in [-0.2, -0.15) is 0 Å². The molecule has 0 radical (unpaired) electrons. The van der Waals surface area contributed by atoms with Crippen LogP contribution in [0.3, 0.4) is 0 Å². The number of rotatable bonds is 6. The van der Waals surface area contributed by atoms with Crippen molar-refractivity contribution in [2.75, 3.05) is 13.6 Å². The molecule has 0 aromatic heterocycles. The van der Waals surface area contributed by atoms with Gasteiger partial charge in [-0.05, 0) is 55.0 Å². The minimum absolute atomic E-state index is 0.968. The summed E-state index contributed by atoms with van der Waals surface area (Å²) in [5.74, 6) is 0. The Morgan fingerprint density at radius 2 is 1.68 bits per heavy atom. The minimum Gasteiger partial charge on any atom is -0.298 e. The summed E-state index contributed by atoms with van der Waals surface area (Å²) in [5, 5.41) is 0. The maximum Gasteiger partial charge on any atom is 0.0234 e. The second-order valence-electron chi connectivity index (χ2n) is 7.06. The molecule has 0 saturated heterocycles. The van der Waals surface area contributed by atoms with Gasteiger partial charge in [0.1, 0.15) is 0 Å². The first-order chi connectivity index (χ1) is 12.3. The van der Waals surface area contributed by atoms with Gasteiger partial charge in [-0.3, -0.25) is 4.90 Å². The summed E-state index contributed by atoms with van der Waals surface area (Å²) in [5.41, 5.74) is 5.85. The molecule has 1 aliphatic carbocycles. The Morgan fingerprint density at radius 3 is 2.52 bits per heavy atom. The number of nitrogens with zero attached hydrogens (tertiary/aromatic N) is 1. The molecular formula is C24H29N. The summed E-state index contributed by atoms with van der Waals surface area (Å²) in [6, 6.07) is 17.5. The molecule has 1 aliphatic rings. The number of hydrogen-bond donors (Lipinski definition) is 0. The number of aryl methyl sites for hydroxylation is 2. The van der Waals surface area contributed by atoms with Crippen LogP contribution in [0.25, 0.3) is 6.08 Å². The van der Waals surface area contributed by atoms with Crippen molar-refractivity contribution in [3.63, 3.8) is 0 Å². The molecule has 130 valence electrons. The first kappa shape index (κ1) is 17.7. The molecule has 0 aliphatic heterocycles. The molecule has 0 N–H and O–H groups in total. The molecule has 0 spiro atoms. The van der Waals surface area contributed by atoms with Crippen LogP contribution in [0, 0.1) is 0 Å². The maximum absolute atomic E-state index is 2.44. The number of likely N-dealkylation sites (N-methyl/N-ethyl adjacent to an activating group) is 1. The van der Waals surface area contributed by atoms with Crippen LogP contribution < -0.4 is 0 Å².